The summed E-state index contributed by atoms with van der Waals surface area (Å²) in [5.74, 6) is -0.935. The number of rotatable bonds is 5. The number of ether oxygens (including phenoxy) is 1. The molecule has 1 fully saturated rings. The van der Waals surface area contributed by atoms with Crippen LogP contribution in [0, 0.1) is 0 Å². The maximum Gasteiger partial charge on any atom is 0.330 e. The number of carboxylic acids is 1. The molecular formula is C10H18O6. The molecule has 1 aliphatic heterocycles. The second-order valence-corrected chi connectivity index (χ2v) is 3.59. The summed E-state index contributed by atoms with van der Waals surface area (Å²) in [4.78, 5) is 9.60. The van der Waals surface area contributed by atoms with Gasteiger partial charge in [-0.05, 0) is 6.92 Å². The molecule has 1 rings (SSSR count). The van der Waals surface area contributed by atoms with E-state index < -0.39 is 24.8 Å². The molecule has 0 aromatic carbocycles. The van der Waals surface area contributed by atoms with Crippen LogP contribution in [0.15, 0.2) is 12.2 Å². The summed E-state index contributed by atoms with van der Waals surface area (Å²) in [6, 6.07) is 0. The van der Waals surface area contributed by atoms with Crippen LogP contribution in [-0.4, -0.2) is 57.9 Å². The third-order valence-corrected chi connectivity index (χ3v) is 1.90. The Morgan fingerprint density at radius 1 is 1.50 bits per heavy atom. The smallest absolute Gasteiger partial charge is 0.330 e. The molecule has 0 aliphatic carbocycles. The zero-order chi connectivity index (χ0) is 12.7. The fourth-order valence-corrected chi connectivity index (χ4v) is 0.752. The summed E-state index contributed by atoms with van der Waals surface area (Å²) < 4.78 is 4.82. The van der Waals surface area contributed by atoms with Gasteiger partial charge in [-0.15, -0.1) is 0 Å². The van der Waals surface area contributed by atoms with Crippen molar-refractivity contribution in [2.75, 3.05) is 13.2 Å². The third kappa shape index (κ3) is 7.36. The summed E-state index contributed by atoms with van der Waals surface area (Å²) in [5, 5.41) is 34.2. The van der Waals surface area contributed by atoms with Gasteiger partial charge in [0.2, 0.25) is 0 Å². The normalized spacial score (nSPS) is 21.4. The highest BCUT2D eigenvalue weighted by molar-refractivity contribution is 5.84. The van der Waals surface area contributed by atoms with Gasteiger partial charge in [0.25, 0.3) is 0 Å². The van der Waals surface area contributed by atoms with Gasteiger partial charge in [-0.3, -0.25) is 0 Å². The van der Waals surface area contributed by atoms with Crippen LogP contribution in [0.5, 0.6) is 0 Å². The number of carboxylic acid groups (broad SMARTS) is 1. The highest BCUT2D eigenvalue weighted by Gasteiger charge is 2.28. The van der Waals surface area contributed by atoms with E-state index in [1.807, 2.05) is 0 Å². The summed E-state index contributed by atoms with van der Waals surface area (Å²) in [6.45, 7) is 4.87. The predicted octanol–water partition coefficient (Wildman–Crippen LogP) is -0.864. The molecule has 4 N–H and O–H groups in total. The molecule has 94 valence electrons. The minimum absolute atomic E-state index is 0.0937. The van der Waals surface area contributed by atoms with E-state index in [2.05, 4.69) is 6.58 Å². The standard InChI is InChI=1S/C6H12O4.C4H6O2/c7-2-6(9)5(8)1-4-3-10-4;1-3(2)4(5)6/h4-9H,1-3H2;1H2,2H3,(H,5,6). The van der Waals surface area contributed by atoms with E-state index >= 15 is 0 Å². The Hall–Kier alpha value is -0.950. The van der Waals surface area contributed by atoms with Crippen LogP contribution in [0.2, 0.25) is 0 Å². The average molecular weight is 234 g/mol. The molecule has 0 amide bonds. The van der Waals surface area contributed by atoms with Crippen LogP contribution < -0.4 is 0 Å². The SMILES string of the molecule is C=C(C)C(=O)O.OCC(O)C(O)CC1CO1. The molecule has 0 radical (unpaired) electrons. The summed E-state index contributed by atoms with van der Waals surface area (Å²) in [6.07, 6.45) is -1.36. The minimum Gasteiger partial charge on any atom is -0.478 e. The molecule has 0 saturated carbocycles. The van der Waals surface area contributed by atoms with Crippen molar-refractivity contribution in [2.24, 2.45) is 0 Å². The van der Waals surface area contributed by atoms with E-state index in [0.29, 0.717) is 13.0 Å². The Balaban J connectivity index is 0.000000325. The van der Waals surface area contributed by atoms with Crippen LogP contribution in [-0.2, 0) is 9.53 Å². The topological polar surface area (TPSA) is 111 Å². The molecule has 16 heavy (non-hydrogen) atoms. The van der Waals surface area contributed by atoms with Crippen LogP contribution in [0.4, 0.5) is 0 Å². The lowest BCUT2D eigenvalue weighted by molar-refractivity contribution is -0.132. The Morgan fingerprint density at radius 2 is 1.94 bits per heavy atom. The van der Waals surface area contributed by atoms with E-state index in [4.69, 9.17) is 25.2 Å². The largest absolute Gasteiger partial charge is 0.478 e. The first-order valence-corrected chi connectivity index (χ1v) is 4.85. The van der Waals surface area contributed by atoms with Crippen molar-refractivity contribution in [1.82, 2.24) is 0 Å². The van der Waals surface area contributed by atoms with Gasteiger partial charge in [0.1, 0.15) is 6.10 Å². The van der Waals surface area contributed by atoms with E-state index in [9.17, 15) is 4.79 Å². The molecule has 6 heteroatoms. The highest BCUT2D eigenvalue weighted by Crippen LogP contribution is 2.16. The van der Waals surface area contributed by atoms with Crippen molar-refractivity contribution in [3.8, 4) is 0 Å². The second-order valence-electron chi connectivity index (χ2n) is 3.59. The average Bonchev–Trinajstić information content (AvgIpc) is 3.01. The van der Waals surface area contributed by atoms with Crippen molar-refractivity contribution in [3.05, 3.63) is 12.2 Å². The molecule has 6 nitrogen and oxygen atoms in total. The molecule has 0 aromatic rings. The van der Waals surface area contributed by atoms with Crippen LogP contribution in [0.3, 0.4) is 0 Å². The Kier molecular flexibility index (Phi) is 6.91. The number of carbonyl (C=O) groups is 1. The van der Waals surface area contributed by atoms with Crippen molar-refractivity contribution in [1.29, 1.82) is 0 Å². The fourth-order valence-electron chi connectivity index (χ4n) is 0.752. The summed E-state index contributed by atoms with van der Waals surface area (Å²) >= 11 is 0. The predicted molar refractivity (Wildman–Crippen MR) is 55.9 cm³/mol. The number of aliphatic hydroxyl groups excluding tert-OH is 3. The molecule has 1 saturated heterocycles. The highest BCUT2D eigenvalue weighted by atomic mass is 16.6. The lowest BCUT2D eigenvalue weighted by Crippen LogP contribution is -2.30. The van der Waals surface area contributed by atoms with E-state index in [1.165, 1.54) is 6.92 Å². The lowest BCUT2D eigenvalue weighted by atomic mass is 10.1. The van der Waals surface area contributed by atoms with E-state index in [1.54, 1.807) is 0 Å². The number of aliphatic carboxylic acids is 1. The van der Waals surface area contributed by atoms with Gasteiger partial charge in [-0.25, -0.2) is 4.79 Å². The van der Waals surface area contributed by atoms with E-state index in [-0.39, 0.29) is 11.7 Å². The zero-order valence-electron chi connectivity index (χ0n) is 9.17. The van der Waals surface area contributed by atoms with Gasteiger partial charge in [0.15, 0.2) is 0 Å². The molecule has 3 atom stereocenters. The molecular weight excluding hydrogens is 216 g/mol. The van der Waals surface area contributed by atoms with Crippen molar-refractivity contribution in [2.45, 2.75) is 31.7 Å². The van der Waals surface area contributed by atoms with Crippen LogP contribution >= 0.6 is 0 Å². The minimum atomic E-state index is -1.02. The maximum atomic E-state index is 9.60. The summed E-state index contributed by atoms with van der Waals surface area (Å²) in [7, 11) is 0. The number of epoxide rings is 1. The van der Waals surface area contributed by atoms with Crippen molar-refractivity contribution >= 4 is 5.97 Å². The fraction of sp³-hybridized carbons (Fsp3) is 0.700. The van der Waals surface area contributed by atoms with E-state index in [0.717, 1.165) is 0 Å². The molecule has 3 unspecified atom stereocenters. The van der Waals surface area contributed by atoms with Crippen LogP contribution in [0.1, 0.15) is 13.3 Å². The first kappa shape index (κ1) is 15.0. The lowest BCUT2D eigenvalue weighted by Gasteiger charge is -2.13. The van der Waals surface area contributed by atoms with Gasteiger partial charge >= 0.3 is 5.97 Å². The molecule has 0 spiro atoms. The van der Waals surface area contributed by atoms with Crippen molar-refractivity contribution in [3.63, 3.8) is 0 Å². The van der Waals surface area contributed by atoms with Gasteiger partial charge in [-0.2, -0.15) is 0 Å². The first-order chi connectivity index (χ1) is 7.38. The van der Waals surface area contributed by atoms with Gasteiger partial charge in [0, 0.05) is 12.0 Å². The number of hydrogen-bond donors (Lipinski definition) is 4. The molecule has 1 aliphatic rings. The summed E-state index contributed by atoms with van der Waals surface area (Å²) in [5.41, 5.74) is 0.176. The zero-order valence-corrected chi connectivity index (χ0v) is 9.17. The quantitative estimate of drug-likeness (QED) is 0.364. The number of aliphatic hydroxyl groups is 3. The second kappa shape index (κ2) is 7.34. The number of hydrogen-bond acceptors (Lipinski definition) is 5. The van der Waals surface area contributed by atoms with Gasteiger partial charge in [0.05, 0.1) is 25.4 Å². The van der Waals surface area contributed by atoms with Crippen molar-refractivity contribution < 1.29 is 30.0 Å². The monoisotopic (exact) mass is 234 g/mol. The Morgan fingerprint density at radius 3 is 2.19 bits per heavy atom. The van der Waals surface area contributed by atoms with Gasteiger partial charge in [-0.1, -0.05) is 6.58 Å². The Labute approximate surface area is 93.8 Å². The Bertz CT molecular complexity index is 223. The third-order valence-electron chi connectivity index (χ3n) is 1.90. The first-order valence-electron chi connectivity index (χ1n) is 4.85. The maximum absolute atomic E-state index is 9.60. The molecule has 0 bridgehead atoms. The molecule has 0 aromatic heterocycles. The van der Waals surface area contributed by atoms with Crippen LogP contribution in [0.25, 0.3) is 0 Å². The van der Waals surface area contributed by atoms with Gasteiger partial charge < -0.3 is 25.2 Å². The molecule has 1 heterocycles.